The van der Waals surface area contributed by atoms with E-state index in [-0.39, 0.29) is 6.61 Å². The summed E-state index contributed by atoms with van der Waals surface area (Å²) in [6.07, 6.45) is 3.00. The van der Waals surface area contributed by atoms with Crippen molar-refractivity contribution in [2.24, 2.45) is 0 Å². The molecule has 1 aliphatic rings. The quantitative estimate of drug-likeness (QED) is 0.895. The third-order valence-electron chi connectivity index (χ3n) is 4.23. The molecule has 1 aromatic carbocycles. The van der Waals surface area contributed by atoms with Crippen LogP contribution >= 0.6 is 0 Å². The van der Waals surface area contributed by atoms with Crippen LogP contribution < -0.4 is 15.1 Å². The Labute approximate surface area is 131 Å². The highest BCUT2D eigenvalue weighted by Gasteiger charge is 2.12. The zero-order chi connectivity index (χ0) is 15.4. The van der Waals surface area contributed by atoms with E-state index in [2.05, 4.69) is 33.4 Å². The van der Waals surface area contributed by atoms with Gasteiger partial charge in [0.1, 0.15) is 5.82 Å². The number of fused-ring (bicyclic) bond motifs is 1. The Hall–Kier alpha value is -1.85. The van der Waals surface area contributed by atoms with E-state index in [0.29, 0.717) is 6.54 Å². The number of aromatic nitrogens is 1. The van der Waals surface area contributed by atoms with Gasteiger partial charge in [0.2, 0.25) is 0 Å². The Bertz CT molecular complexity index is 623. The van der Waals surface area contributed by atoms with Gasteiger partial charge in [-0.3, -0.25) is 0 Å². The smallest absolute Gasteiger partial charge is 0.136 e. The van der Waals surface area contributed by atoms with Crippen LogP contribution in [0.4, 0.5) is 11.5 Å². The molecule has 1 aromatic heterocycles. The molecule has 2 N–H and O–H groups in total. The SMILES string of the molecule is CN(CCO)c1nccc2ccc(N3CCCNCC3)cc12. The second-order valence-electron chi connectivity index (χ2n) is 5.78. The van der Waals surface area contributed by atoms with Gasteiger partial charge in [0, 0.05) is 50.5 Å². The van der Waals surface area contributed by atoms with E-state index in [4.69, 9.17) is 0 Å². The largest absolute Gasteiger partial charge is 0.395 e. The molecule has 0 aliphatic carbocycles. The first kappa shape index (κ1) is 15.1. The van der Waals surface area contributed by atoms with Gasteiger partial charge in [-0.1, -0.05) is 6.07 Å². The molecule has 0 bridgehead atoms. The lowest BCUT2D eigenvalue weighted by Gasteiger charge is -2.24. The van der Waals surface area contributed by atoms with Crippen LogP contribution in [0, 0.1) is 0 Å². The third-order valence-corrected chi connectivity index (χ3v) is 4.23. The Morgan fingerprint density at radius 3 is 3.05 bits per heavy atom. The van der Waals surface area contributed by atoms with E-state index in [0.717, 1.165) is 37.4 Å². The van der Waals surface area contributed by atoms with E-state index < -0.39 is 0 Å². The fourth-order valence-corrected chi connectivity index (χ4v) is 3.00. The van der Waals surface area contributed by atoms with Gasteiger partial charge in [0.15, 0.2) is 0 Å². The minimum Gasteiger partial charge on any atom is -0.395 e. The molecule has 0 atom stereocenters. The van der Waals surface area contributed by atoms with Crippen LogP contribution in [0.15, 0.2) is 30.5 Å². The number of pyridine rings is 1. The second kappa shape index (κ2) is 6.94. The van der Waals surface area contributed by atoms with Crippen molar-refractivity contribution < 1.29 is 5.11 Å². The Morgan fingerprint density at radius 2 is 2.18 bits per heavy atom. The zero-order valence-corrected chi connectivity index (χ0v) is 13.1. The number of aliphatic hydroxyl groups is 1. The van der Waals surface area contributed by atoms with Crippen molar-refractivity contribution in [1.29, 1.82) is 0 Å². The number of aliphatic hydroxyl groups excluding tert-OH is 1. The highest BCUT2D eigenvalue weighted by Crippen LogP contribution is 2.28. The van der Waals surface area contributed by atoms with Crippen molar-refractivity contribution in [3.63, 3.8) is 0 Å². The van der Waals surface area contributed by atoms with Crippen molar-refractivity contribution in [2.45, 2.75) is 6.42 Å². The lowest BCUT2D eigenvalue weighted by atomic mass is 10.1. The number of rotatable bonds is 4. The lowest BCUT2D eigenvalue weighted by molar-refractivity contribution is 0.304. The van der Waals surface area contributed by atoms with Gasteiger partial charge in [0.25, 0.3) is 0 Å². The van der Waals surface area contributed by atoms with Gasteiger partial charge >= 0.3 is 0 Å². The number of hydrogen-bond donors (Lipinski definition) is 2. The second-order valence-corrected chi connectivity index (χ2v) is 5.78. The van der Waals surface area contributed by atoms with Crippen molar-refractivity contribution in [2.75, 3.05) is 56.2 Å². The molecule has 0 amide bonds. The molecule has 118 valence electrons. The van der Waals surface area contributed by atoms with Crippen molar-refractivity contribution in [3.05, 3.63) is 30.5 Å². The zero-order valence-electron chi connectivity index (χ0n) is 13.1. The maximum absolute atomic E-state index is 9.18. The highest BCUT2D eigenvalue weighted by molar-refractivity contribution is 5.94. The molecule has 22 heavy (non-hydrogen) atoms. The summed E-state index contributed by atoms with van der Waals surface area (Å²) in [5, 5.41) is 14.9. The summed E-state index contributed by atoms with van der Waals surface area (Å²) in [5.74, 6) is 0.932. The Morgan fingerprint density at radius 1 is 1.27 bits per heavy atom. The number of benzene rings is 1. The molecule has 1 aliphatic heterocycles. The summed E-state index contributed by atoms with van der Waals surface area (Å²) in [7, 11) is 1.97. The Kier molecular flexibility index (Phi) is 4.75. The highest BCUT2D eigenvalue weighted by atomic mass is 16.3. The van der Waals surface area contributed by atoms with E-state index in [1.165, 1.54) is 17.5 Å². The average molecular weight is 300 g/mol. The summed E-state index contributed by atoms with van der Waals surface area (Å²) in [6, 6.07) is 8.64. The third kappa shape index (κ3) is 3.15. The predicted octanol–water partition coefficient (Wildman–Crippen LogP) is 1.46. The summed E-state index contributed by atoms with van der Waals surface area (Å²) < 4.78 is 0. The maximum Gasteiger partial charge on any atom is 0.136 e. The van der Waals surface area contributed by atoms with Crippen LogP contribution in [0.2, 0.25) is 0 Å². The number of hydrogen-bond acceptors (Lipinski definition) is 5. The molecule has 2 heterocycles. The molecular weight excluding hydrogens is 276 g/mol. The van der Waals surface area contributed by atoms with Crippen LogP contribution in [0.3, 0.4) is 0 Å². The van der Waals surface area contributed by atoms with E-state index in [1.54, 1.807) is 0 Å². The first-order valence-corrected chi connectivity index (χ1v) is 7.96. The molecule has 3 rings (SSSR count). The van der Waals surface area contributed by atoms with Crippen LogP contribution in [0.1, 0.15) is 6.42 Å². The normalized spacial score (nSPS) is 15.8. The van der Waals surface area contributed by atoms with Crippen LogP contribution in [-0.4, -0.2) is 56.5 Å². The first-order valence-electron chi connectivity index (χ1n) is 7.96. The van der Waals surface area contributed by atoms with Gasteiger partial charge in [-0.05, 0) is 36.6 Å². The van der Waals surface area contributed by atoms with Crippen LogP contribution in [0.25, 0.3) is 10.8 Å². The minimum absolute atomic E-state index is 0.131. The number of nitrogens with one attached hydrogen (secondary N) is 1. The molecular formula is C17H24N4O. The van der Waals surface area contributed by atoms with E-state index in [9.17, 15) is 5.11 Å². The monoisotopic (exact) mass is 300 g/mol. The topological polar surface area (TPSA) is 51.6 Å². The predicted molar refractivity (Wildman–Crippen MR) is 91.8 cm³/mol. The molecule has 0 radical (unpaired) electrons. The van der Waals surface area contributed by atoms with Gasteiger partial charge in [-0.15, -0.1) is 0 Å². The molecule has 1 fully saturated rings. The minimum atomic E-state index is 0.131. The fraction of sp³-hybridized carbons (Fsp3) is 0.471. The first-order chi connectivity index (χ1) is 10.8. The molecule has 0 saturated carbocycles. The fourth-order valence-electron chi connectivity index (χ4n) is 3.00. The number of nitrogens with zero attached hydrogens (tertiary/aromatic N) is 3. The summed E-state index contributed by atoms with van der Waals surface area (Å²) in [6.45, 7) is 4.96. The van der Waals surface area contributed by atoms with E-state index >= 15 is 0 Å². The Balaban J connectivity index is 1.98. The standard InChI is InChI=1S/C17H24N4O/c1-20(11-12-22)17-16-13-15(4-3-14(16)5-7-19-17)21-9-2-6-18-8-10-21/h3-5,7,13,18,22H,2,6,8-12H2,1H3. The van der Waals surface area contributed by atoms with Crippen molar-refractivity contribution in [1.82, 2.24) is 10.3 Å². The van der Waals surface area contributed by atoms with Crippen LogP contribution in [-0.2, 0) is 0 Å². The van der Waals surface area contributed by atoms with Gasteiger partial charge < -0.3 is 20.2 Å². The van der Waals surface area contributed by atoms with Gasteiger partial charge in [-0.25, -0.2) is 4.98 Å². The molecule has 0 spiro atoms. The molecule has 2 aromatic rings. The van der Waals surface area contributed by atoms with Crippen LogP contribution in [0.5, 0.6) is 0 Å². The number of anilines is 2. The van der Waals surface area contributed by atoms with E-state index in [1.807, 2.05) is 24.2 Å². The summed E-state index contributed by atoms with van der Waals surface area (Å²) in [5.41, 5.74) is 1.25. The van der Waals surface area contributed by atoms with Gasteiger partial charge in [-0.2, -0.15) is 0 Å². The summed E-state index contributed by atoms with van der Waals surface area (Å²) in [4.78, 5) is 8.96. The van der Waals surface area contributed by atoms with Crippen molar-refractivity contribution >= 4 is 22.3 Å². The average Bonchev–Trinajstić information content (AvgIpc) is 2.83. The molecule has 1 saturated heterocycles. The summed E-state index contributed by atoms with van der Waals surface area (Å²) >= 11 is 0. The lowest BCUT2D eigenvalue weighted by Crippen LogP contribution is -2.27. The molecule has 5 nitrogen and oxygen atoms in total. The molecule has 5 heteroatoms. The van der Waals surface area contributed by atoms with Crippen molar-refractivity contribution in [3.8, 4) is 0 Å². The maximum atomic E-state index is 9.18. The number of likely N-dealkylation sites (N-methyl/N-ethyl adjacent to an activating group) is 1. The van der Waals surface area contributed by atoms with Gasteiger partial charge in [0.05, 0.1) is 6.61 Å². The molecule has 0 unspecified atom stereocenters.